The zero-order chi connectivity index (χ0) is 22.1. The molecule has 0 bridgehead atoms. The maximum atomic E-state index is 12.6. The number of rotatable bonds is 8. The number of hydrogen-bond donors (Lipinski definition) is 3. The van der Waals surface area contributed by atoms with Crippen molar-refractivity contribution in [2.75, 3.05) is 17.2 Å². The number of aryl methyl sites for hydroxylation is 1. The van der Waals surface area contributed by atoms with Crippen molar-refractivity contribution in [2.24, 2.45) is 0 Å². The maximum absolute atomic E-state index is 12.6. The number of amides is 2. The molecule has 2 aromatic rings. The number of nitrogens with zero attached hydrogens (tertiary/aromatic N) is 1. The van der Waals surface area contributed by atoms with Crippen LogP contribution in [0.1, 0.15) is 37.9 Å². The van der Waals surface area contributed by atoms with Gasteiger partial charge in [0, 0.05) is 30.1 Å². The molecule has 0 spiro atoms. The van der Waals surface area contributed by atoms with Gasteiger partial charge in [0.1, 0.15) is 17.4 Å². The molecule has 156 valence electrons. The number of nitriles is 1. The summed E-state index contributed by atoms with van der Waals surface area (Å²) in [6, 6.07) is 14.3. The molecular formula is C23H26N4O3. The van der Waals surface area contributed by atoms with Gasteiger partial charge in [-0.25, -0.2) is 0 Å². The maximum Gasteiger partial charge on any atom is 0.263 e. The van der Waals surface area contributed by atoms with Crippen LogP contribution < -0.4 is 20.7 Å². The normalized spacial score (nSPS) is 11.8. The van der Waals surface area contributed by atoms with Crippen molar-refractivity contribution < 1.29 is 14.3 Å². The fourth-order valence-electron chi connectivity index (χ4n) is 2.80. The quantitative estimate of drug-likeness (QED) is 0.453. The number of anilines is 2. The number of ether oxygens (including phenoxy) is 1. The second-order valence-corrected chi connectivity index (χ2v) is 6.74. The molecule has 0 aliphatic rings. The van der Waals surface area contributed by atoms with Gasteiger partial charge in [-0.1, -0.05) is 17.7 Å². The van der Waals surface area contributed by atoms with Crippen LogP contribution in [0.2, 0.25) is 0 Å². The minimum absolute atomic E-state index is 0.0570. The molecule has 7 nitrogen and oxygen atoms in total. The van der Waals surface area contributed by atoms with Crippen LogP contribution >= 0.6 is 0 Å². The first-order valence-corrected chi connectivity index (χ1v) is 9.62. The number of nitrogens with one attached hydrogen (secondary N) is 3. The Labute approximate surface area is 176 Å². The highest BCUT2D eigenvalue weighted by atomic mass is 16.5. The molecule has 1 atom stereocenters. The highest BCUT2D eigenvalue weighted by molar-refractivity contribution is 5.97. The van der Waals surface area contributed by atoms with Crippen LogP contribution in [-0.2, 0) is 9.59 Å². The van der Waals surface area contributed by atoms with Gasteiger partial charge in [-0.2, -0.15) is 5.26 Å². The first-order valence-electron chi connectivity index (χ1n) is 9.62. The summed E-state index contributed by atoms with van der Waals surface area (Å²) < 4.78 is 5.65. The Kier molecular flexibility index (Phi) is 8.00. The van der Waals surface area contributed by atoms with E-state index in [4.69, 9.17) is 4.74 Å². The molecule has 2 rings (SSSR count). The zero-order valence-electron chi connectivity index (χ0n) is 17.6. The third-order valence-corrected chi connectivity index (χ3v) is 4.23. The molecule has 0 fully saturated rings. The molecule has 0 heterocycles. The monoisotopic (exact) mass is 406 g/mol. The van der Waals surface area contributed by atoms with Gasteiger partial charge in [-0.05, 0) is 51.1 Å². The van der Waals surface area contributed by atoms with Crippen molar-refractivity contribution in [2.45, 2.75) is 33.7 Å². The zero-order valence-corrected chi connectivity index (χ0v) is 17.6. The van der Waals surface area contributed by atoms with E-state index in [1.54, 1.807) is 24.3 Å². The van der Waals surface area contributed by atoms with Crippen molar-refractivity contribution in [3.05, 3.63) is 65.4 Å². The molecule has 0 saturated carbocycles. The minimum Gasteiger partial charge on any atom is -0.494 e. The van der Waals surface area contributed by atoms with Gasteiger partial charge in [0.2, 0.25) is 5.91 Å². The van der Waals surface area contributed by atoms with Gasteiger partial charge in [-0.15, -0.1) is 0 Å². The second kappa shape index (κ2) is 10.7. The van der Waals surface area contributed by atoms with E-state index in [1.165, 1.54) is 13.1 Å². The minimum atomic E-state index is -0.490. The fraction of sp³-hybridized carbons (Fsp3) is 0.261. The first-order chi connectivity index (χ1) is 14.3. The van der Waals surface area contributed by atoms with Crippen molar-refractivity contribution in [3.8, 4) is 11.8 Å². The van der Waals surface area contributed by atoms with Gasteiger partial charge in [0.25, 0.3) is 5.91 Å². The lowest BCUT2D eigenvalue weighted by molar-refractivity contribution is -0.117. The summed E-state index contributed by atoms with van der Waals surface area (Å²) in [5.41, 5.74) is 3.18. The Bertz CT molecular complexity index is 975. The lowest BCUT2D eigenvalue weighted by atomic mass is 10.0. The van der Waals surface area contributed by atoms with Crippen LogP contribution in [-0.4, -0.2) is 18.4 Å². The van der Waals surface area contributed by atoms with E-state index in [9.17, 15) is 14.9 Å². The van der Waals surface area contributed by atoms with Crippen LogP contribution in [0.15, 0.2) is 54.2 Å². The van der Waals surface area contributed by atoms with Crippen LogP contribution in [0, 0.1) is 18.3 Å². The average molecular weight is 406 g/mol. The highest BCUT2D eigenvalue weighted by Gasteiger charge is 2.17. The standard InChI is InChI=1S/C23H26N4O3/c1-5-30-22-11-6-15(2)12-21(22)16(3)26-23(29)18(13-24)14-25-19-7-9-20(10-8-19)27-17(4)28/h6-12,14,16,25H,5H2,1-4H3,(H,26,29)(H,27,28)/b18-14-. The lowest BCUT2D eigenvalue weighted by Gasteiger charge is -2.18. The molecule has 7 heteroatoms. The third kappa shape index (κ3) is 6.38. The average Bonchev–Trinajstić information content (AvgIpc) is 2.70. The van der Waals surface area contributed by atoms with Gasteiger partial charge in [0.05, 0.1) is 12.6 Å². The summed E-state index contributed by atoms with van der Waals surface area (Å²) in [5, 5.41) is 17.8. The topological polar surface area (TPSA) is 103 Å². The van der Waals surface area contributed by atoms with Gasteiger partial charge in [0.15, 0.2) is 0 Å². The smallest absolute Gasteiger partial charge is 0.263 e. The van der Waals surface area contributed by atoms with Crippen LogP contribution in [0.4, 0.5) is 11.4 Å². The Morgan fingerprint density at radius 1 is 1.17 bits per heavy atom. The SMILES string of the molecule is CCOc1ccc(C)cc1C(C)NC(=O)/C(C#N)=C\Nc1ccc(NC(C)=O)cc1. The van der Waals surface area contributed by atoms with E-state index in [0.29, 0.717) is 23.7 Å². The summed E-state index contributed by atoms with van der Waals surface area (Å²) in [4.78, 5) is 23.6. The van der Waals surface area contributed by atoms with E-state index < -0.39 is 5.91 Å². The van der Waals surface area contributed by atoms with Crippen LogP contribution in [0.5, 0.6) is 5.75 Å². The summed E-state index contributed by atoms with van der Waals surface area (Å²) in [6.45, 7) is 7.66. The van der Waals surface area contributed by atoms with Crippen LogP contribution in [0.25, 0.3) is 0 Å². The van der Waals surface area contributed by atoms with E-state index in [2.05, 4.69) is 16.0 Å². The number of carbonyl (C=O) groups excluding carboxylic acids is 2. The summed E-state index contributed by atoms with van der Waals surface area (Å²) in [5.74, 6) is 0.0568. The third-order valence-electron chi connectivity index (χ3n) is 4.23. The van der Waals surface area contributed by atoms with Crippen molar-refractivity contribution >= 4 is 23.2 Å². The summed E-state index contributed by atoms with van der Waals surface area (Å²) >= 11 is 0. The van der Waals surface area contributed by atoms with Gasteiger partial charge in [-0.3, -0.25) is 9.59 Å². The lowest BCUT2D eigenvalue weighted by Crippen LogP contribution is -2.28. The predicted octanol–water partition coefficient (Wildman–Crippen LogP) is 4.05. The van der Waals surface area contributed by atoms with Crippen molar-refractivity contribution in [1.82, 2.24) is 5.32 Å². The van der Waals surface area contributed by atoms with E-state index in [1.807, 2.05) is 45.0 Å². The van der Waals surface area contributed by atoms with Crippen molar-refractivity contribution in [3.63, 3.8) is 0 Å². The Morgan fingerprint density at radius 3 is 2.43 bits per heavy atom. The largest absolute Gasteiger partial charge is 0.494 e. The Morgan fingerprint density at radius 2 is 1.83 bits per heavy atom. The number of carbonyl (C=O) groups is 2. The number of hydrogen-bond acceptors (Lipinski definition) is 5. The summed E-state index contributed by atoms with van der Waals surface area (Å²) in [6.07, 6.45) is 1.36. The van der Waals surface area contributed by atoms with E-state index in [0.717, 1.165) is 11.1 Å². The fourth-order valence-corrected chi connectivity index (χ4v) is 2.80. The van der Waals surface area contributed by atoms with Gasteiger partial charge < -0.3 is 20.7 Å². The first kappa shape index (κ1) is 22.5. The summed E-state index contributed by atoms with van der Waals surface area (Å²) in [7, 11) is 0. The Hall–Kier alpha value is -3.79. The molecular weight excluding hydrogens is 380 g/mol. The Balaban J connectivity index is 2.08. The second-order valence-electron chi connectivity index (χ2n) is 6.74. The molecule has 3 N–H and O–H groups in total. The molecule has 0 aromatic heterocycles. The molecule has 0 aliphatic heterocycles. The molecule has 0 radical (unpaired) electrons. The van der Waals surface area contributed by atoms with E-state index >= 15 is 0 Å². The van der Waals surface area contributed by atoms with Crippen LogP contribution in [0.3, 0.4) is 0 Å². The predicted molar refractivity (Wildman–Crippen MR) is 117 cm³/mol. The molecule has 2 aromatic carbocycles. The molecule has 30 heavy (non-hydrogen) atoms. The molecule has 2 amide bonds. The van der Waals surface area contributed by atoms with Gasteiger partial charge >= 0.3 is 0 Å². The molecule has 0 aliphatic carbocycles. The molecule has 1 unspecified atom stereocenters. The van der Waals surface area contributed by atoms with Crippen molar-refractivity contribution in [1.29, 1.82) is 5.26 Å². The molecule has 0 saturated heterocycles. The number of benzene rings is 2. The highest BCUT2D eigenvalue weighted by Crippen LogP contribution is 2.26. The van der Waals surface area contributed by atoms with E-state index in [-0.39, 0.29) is 17.5 Å².